The van der Waals surface area contributed by atoms with Gasteiger partial charge in [-0.25, -0.2) is 0 Å². The van der Waals surface area contributed by atoms with Gasteiger partial charge in [0, 0.05) is 5.41 Å². The van der Waals surface area contributed by atoms with E-state index in [0.717, 1.165) is 0 Å². The number of hydrogen-bond acceptors (Lipinski definition) is 3. The molecule has 0 aromatic carbocycles. The second-order valence-corrected chi connectivity index (χ2v) is 4.59. The predicted molar refractivity (Wildman–Crippen MR) is 47.2 cm³/mol. The SMILES string of the molecule is CC(C)(C)C(=O)C1NC(C(F)(F)F)CO1. The minimum Gasteiger partial charge on any atom is -0.354 e. The van der Waals surface area contributed by atoms with Crippen LogP contribution in [-0.4, -0.2) is 30.8 Å². The molecule has 2 unspecified atom stereocenters. The van der Waals surface area contributed by atoms with Crippen LogP contribution < -0.4 is 5.32 Å². The molecular formula is C9H14F3NO2. The molecule has 0 aliphatic carbocycles. The molecule has 0 amide bonds. The Morgan fingerprint density at radius 1 is 1.33 bits per heavy atom. The number of ketones is 1. The van der Waals surface area contributed by atoms with Crippen molar-refractivity contribution in [2.45, 2.75) is 39.2 Å². The Balaban J connectivity index is 2.62. The van der Waals surface area contributed by atoms with Crippen molar-refractivity contribution in [3.63, 3.8) is 0 Å². The number of halogens is 3. The third kappa shape index (κ3) is 2.92. The van der Waals surface area contributed by atoms with Gasteiger partial charge in [-0.1, -0.05) is 20.8 Å². The molecule has 0 aromatic rings. The van der Waals surface area contributed by atoms with Crippen molar-refractivity contribution in [1.82, 2.24) is 5.32 Å². The average molecular weight is 225 g/mol. The number of carbonyl (C=O) groups is 1. The molecular weight excluding hydrogens is 211 g/mol. The first-order chi connectivity index (χ1) is 6.62. The molecule has 1 N–H and O–H groups in total. The Labute approximate surface area is 86.0 Å². The lowest BCUT2D eigenvalue weighted by Crippen LogP contribution is -2.46. The van der Waals surface area contributed by atoms with Crippen LogP contribution in [0.25, 0.3) is 0 Å². The molecule has 0 spiro atoms. The molecule has 1 aliphatic rings. The number of hydrogen-bond donors (Lipinski definition) is 1. The number of ether oxygens (including phenoxy) is 1. The maximum atomic E-state index is 12.2. The third-order valence-electron chi connectivity index (χ3n) is 2.15. The van der Waals surface area contributed by atoms with Gasteiger partial charge in [-0.3, -0.25) is 10.1 Å². The fourth-order valence-corrected chi connectivity index (χ4v) is 1.21. The van der Waals surface area contributed by atoms with E-state index in [2.05, 4.69) is 5.32 Å². The van der Waals surface area contributed by atoms with Gasteiger partial charge in [0.1, 0.15) is 6.04 Å². The lowest BCUT2D eigenvalue weighted by atomic mass is 9.90. The molecule has 2 atom stereocenters. The van der Waals surface area contributed by atoms with Gasteiger partial charge in [0.05, 0.1) is 6.61 Å². The Morgan fingerprint density at radius 3 is 2.20 bits per heavy atom. The second kappa shape index (κ2) is 3.75. The molecule has 88 valence electrons. The zero-order valence-electron chi connectivity index (χ0n) is 8.81. The van der Waals surface area contributed by atoms with Crippen LogP contribution in [0.15, 0.2) is 0 Å². The summed E-state index contributed by atoms with van der Waals surface area (Å²) in [7, 11) is 0. The third-order valence-corrected chi connectivity index (χ3v) is 2.15. The van der Waals surface area contributed by atoms with Crippen LogP contribution in [0.5, 0.6) is 0 Å². The van der Waals surface area contributed by atoms with Gasteiger partial charge in [0.25, 0.3) is 0 Å². The van der Waals surface area contributed by atoms with E-state index in [0.29, 0.717) is 0 Å². The average Bonchev–Trinajstić information content (AvgIpc) is 2.47. The van der Waals surface area contributed by atoms with E-state index in [9.17, 15) is 18.0 Å². The van der Waals surface area contributed by atoms with Crippen molar-refractivity contribution >= 4 is 5.78 Å². The van der Waals surface area contributed by atoms with Crippen LogP contribution in [0.4, 0.5) is 13.2 Å². The number of carbonyl (C=O) groups excluding carboxylic acids is 1. The summed E-state index contributed by atoms with van der Waals surface area (Å²) in [5.41, 5.74) is -0.710. The highest BCUT2D eigenvalue weighted by atomic mass is 19.4. The molecule has 0 aromatic heterocycles. The van der Waals surface area contributed by atoms with E-state index in [4.69, 9.17) is 4.74 Å². The Morgan fingerprint density at radius 2 is 1.87 bits per heavy atom. The lowest BCUT2D eigenvalue weighted by Gasteiger charge is -2.21. The van der Waals surface area contributed by atoms with Crippen LogP contribution in [0.1, 0.15) is 20.8 Å². The topological polar surface area (TPSA) is 38.3 Å². The smallest absolute Gasteiger partial charge is 0.354 e. The van der Waals surface area contributed by atoms with Crippen molar-refractivity contribution in [2.75, 3.05) is 6.61 Å². The lowest BCUT2D eigenvalue weighted by molar-refractivity contribution is -0.152. The minimum absolute atomic E-state index is 0.366. The molecule has 1 fully saturated rings. The molecule has 1 aliphatic heterocycles. The van der Waals surface area contributed by atoms with Gasteiger partial charge in [-0.05, 0) is 0 Å². The highest BCUT2D eigenvalue weighted by Gasteiger charge is 2.47. The van der Waals surface area contributed by atoms with Gasteiger partial charge in [-0.2, -0.15) is 13.2 Å². The number of Topliss-reactive ketones (excluding diaryl/α,β-unsaturated/α-hetero) is 1. The van der Waals surface area contributed by atoms with Crippen LogP contribution in [-0.2, 0) is 9.53 Å². The van der Waals surface area contributed by atoms with Crippen molar-refractivity contribution in [1.29, 1.82) is 0 Å². The van der Waals surface area contributed by atoms with Gasteiger partial charge in [0.2, 0.25) is 0 Å². The normalized spacial score (nSPS) is 28.1. The highest BCUT2D eigenvalue weighted by Crippen LogP contribution is 2.27. The van der Waals surface area contributed by atoms with E-state index >= 15 is 0 Å². The molecule has 6 heteroatoms. The fraction of sp³-hybridized carbons (Fsp3) is 0.889. The minimum atomic E-state index is -4.37. The van der Waals surface area contributed by atoms with Crippen molar-refractivity contribution in [3.8, 4) is 0 Å². The number of rotatable bonds is 1. The molecule has 3 nitrogen and oxygen atoms in total. The standard InChI is InChI=1S/C9H14F3NO2/c1-8(2,3)6(14)7-13-5(4-15-7)9(10,11)12/h5,7,13H,4H2,1-3H3. The van der Waals surface area contributed by atoms with E-state index in [-0.39, 0.29) is 5.78 Å². The van der Waals surface area contributed by atoms with E-state index < -0.39 is 30.5 Å². The van der Waals surface area contributed by atoms with Crippen molar-refractivity contribution < 1.29 is 22.7 Å². The first-order valence-electron chi connectivity index (χ1n) is 4.61. The first-order valence-corrected chi connectivity index (χ1v) is 4.61. The summed E-state index contributed by atoms with van der Waals surface area (Å²) in [4.78, 5) is 11.6. The largest absolute Gasteiger partial charge is 0.406 e. The summed E-state index contributed by atoms with van der Waals surface area (Å²) in [6.45, 7) is 4.42. The molecule has 1 rings (SSSR count). The number of alkyl halides is 3. The predicted octanol–water partition coefficient (Wildman–Crippen LogP) is 1.48. The van der Waals surface area contributed by atoms with E-state index in [1.54, 1.807) is 20.8 Å². The van der Waals surface area contributed by atoms with Gasteiger partial charge < -0.3 is 4.74 Å². The van der Waals surface area contributed by atoms with Crippen molar-refractivity contribution in [3.05, 3.63) is 0 Å². The molecule has 0 radical (unpaired) electrons. The van der Waals surface area contributed by atoms with E-state index in [1.165, 1.54) is 0 Å². The molecule has 0 saturated carbocycles. The Bertz CT molecular complexity index is 257. The highest BCUT2D eigenvalue weighted by molar-refractivity contribution is 5.87. The first kappa shape index (κ1) is 12.4. The maximum Gasteiger partial charge on any atom is 0.406 e. The van der Waals surface area contributed by atoms with Gasteiger partial charge in [-0.15, -0.1) is 0 Å². The quantitative estimate of drug-likeness (QED) is 0.734. The maximum absolute atomic E-state index is 12.2. The van der Waals surface area contributed by atoms with Gasteiger partial charge in [0.15, 0.2) is 12.0 Å². The van der Waals surface area contributed by atoms with Gasteiger partial charge >= 0.3 is 6.18 Å². The molecule has 0 bridgehead atoms. The summed E-state index contributed by atoms with van der Waals surface area (Å²) in [6.07, 6.45) is -5.51. The summed E-state index contributed by atoms with van der Waals surface area (Å²) in [5, 5.41) is 2.14. The molecule has 15 heavy (non-hydrogen) atoms. The zero-order valence-corrected chi connectivity index (χ0v) is 8.81. The fourth-order valence-electron chi connectivity index (χ4n) is 1.21. The monoisotopic (exact) mass is 225 g/mol. The van der Waals surface area contributed by atoms with Crippen LogP contribution in [0, 0.1) is 5.41 Å². The molecule has 1 saturated heterocycles. The van der Waals surface area contributed by atoms with Crippen LogP contribution in [0.3, 0.4) is 0 Å². The zero-order chi connectivity index (χ0) is 11.9. The summed E-state index contributed by atoms with van der Waals surface area (Å²) >= 11 is 0. The van der Waals surface area contributed by atoms with Crippen molar-refractivity contribution in [2.24, 2.45) is 5.41 Å². The number of nitrogens with one attached hydrogen (secondary N) is 1. The second-order valence-electron chi connectivity index (χ2n) is 4.59. The molecule has 1 heterocycles. The van der Waals surface area contributed by atoms with E-state index in [1.807, 2.05) is 0 Å². The summed E-state index contributed by atoms with van der Waals surface area (Å²) in [6, 6.07) is -1.74. The Hall–Kier alpha value is -0.620. The van der Waals surface area contributed by atoms with Crippen LogP contribution >= 0.6 is 0 Å². The Kier molecular flexibility index (Phi) is 3.11. The summed E-state index contributed by atoms with van der Waals surface area (Å²) < 4.78 is 41.5. The van der Waals surface area contributed by atoms with Crippen LogP contribution in [0.2, 0.25) is 0 Å². The summed E-state index contributed by atoms with van der Waals surface area (Å²) in [5.74, 6) is -0.366.